The van der Waals surface area contributed by atoms with Crippen LogP contribution < -0.4 is 10.6 Å². The molecule has 108 valence electrons. The Kier molecular flexibility index (Phi) is 4.66. The van der Waals surface area contributed by atoms with Crippen molar-refractivity contribution in [1.29, 1.82) is 0 Å². The van der Waals surface area contributed by atoms with Gasteiger partial charge in [-0.25, -0.2) is 4.79 Å². The van der Waals surface area contributed by atoms with Crippen molar-refractivity contribution in [2.75, 3.05) is 6.54 Å². The van der Waals surface area contributed by atoms with Crippen molar-refractivity contribution in [3.05, 3.63) is 0 Å². The van der Waals surface area contributed by atoms with Gasteiger partial charge in [0.25, 0.3) is 0 Å². The van der Waals surface area contributed by atoms with Crippen molar-refractivity contribution in [2.24, 2.45) is 17.8 Å². The van der Waals surface area contributed by atoms with E-state index in [0.717, 1.165) is 18.9 Å². The Labute approximate surface area is 114 Å². The Morgan fingerprint density at radius 1 is 1.16 bits per heavy atom. The van der Waals surface area contributed by atoms with E-state index in [9.17, 15) is 9.59 Å². The molecule has 2 fully saturated rings. The van der Waals surface area contributed by atoms with E-state index in [0.29, 0.717) is 18.8 Å². The lowest BCUT2D eigenvalue weighted by Crippen LogP contribution is -2.42. The minimum Gasteiger partial charge on any atom is -0.481 e. The number of aliphatic carboxylic acids is 1. The number of carbonyl (C=O) groups excluding carboxylic acids is 1. The molecule has 19 heavy (non-hydrogen) atoms. The number of carboxylic acids is 1. The van der Waals surface area contributed by atoms with Gasteiger partial charge in [0.2, 0.25) is 0 Å². The van der Waals surface area contributed by atoms with Gasteiger partial charge < -0.3 is 15.7 Å². The van der Waals surface area contributed by atoms with Gasteiger partial charge in [-0.05, 0) is 43.9 Å². The number of carboxylic acid groups (broad SMARTS) is 1. The Morgan fingerprint density at radius 2 is 1.95 bits per heavy atom. The van der Waals surface area contributed by atoms with Gasteiger partial charge in [-0.1, -0.05) is 13.3 Å². The average molecular weight is 268 g/mol. The van der Waals surface area contributed by atoms with Gasteiger partial charge >= 0.3 is 12.0 Å². The number of urea groups is 1. The maximum absolute atomic E-state index is 11.7. The summed E-state index contributed by atoms with van der Waals surface area (Å²) in [4.78, 5) is 22.6. The van der Waals surface area contributed by atoms with Crippen LogP contribution >= 0.6 is 0 Å². The normalized spacial score (nSPS) is 34.2. The summed E-state index contributed by atoms with van der Waals surface area (Å²) in [6, 6.07) is -0.126. The van der Waals surface area contributed by atoms with Crippen LogP contribution in [0, 0.1) is 17.8 Å². The summed E-state index contributed by atoms with van der Waals surface area (Å²) in [6.07, 6.45) is 5.65. The first kappa shape index (κ1) is 14.2. The van der Waals surface area contributed by atoms with Gasteiger partial charge in [0.15, 0.2) is 0 Å². The summed E-state index contributed by atoms with van der Waals surface area (Å²) < 4.78 is 0. The minimum absolute atomic E-state index is 0.0172. The Hall–Kier alpha value is -1.26. The lowest BCUT2D eigenvalue weighted by molar-refractivity contribution is -0.141. The number of hydrogen-bond donors (Lipinski definition) is 3. The van der Waals surface area contributed by atoms with Crippen LogP contribution in [-0.4, -0.2) is 29.7 Å². The number of amides is 2. The largest absolute Gasteiger partial charge is 0.481 e. The fraction of sp³-hybridized carbons (Fsp3) is 0.857. The zero-order chi connectivity index (χ0) is 13.8. The van der Waals surface area contributed by atoms with E-state index in [1.807, 2.05) is 0 Å². The number of rotatable bonds is 4. The quantitative estimate of drug-likeness (QED) is 0.729. The van der Waals surface area contributed by atoms with Crippen LogP contribution in [0.25, 0.3) is 0 Å². The van der Waals surface area contributed by atoms with Crippen LogP contribution in [0.5, 0.6) is 0 Å². The molecule has 0 saturated heterocycles. The zero-order valence-electron chi connectivity index (χ0n) is 11.5. The van der Waals surface area contributed by atoms with E-state index < -0.39 is 5.97 Å². The molecule has 0 spiro atoms. The Morgan fingerprint density at radius 3 is 2.53 bits per heavy atom. The van der Waals surface area contributed by atoms with E-state index in [2.05, 4.69) is 17.6 Å². The van der Waals surface area contributed by atoms with Crippen LogP contribution in [0.1, 0.15) is 45.4 Å². The summed E-state index contributed by atoms with van der Waals surface area (Å²) >= 11 is 0. The Bertz CT molecular complexity index is 346. The Balaban J connectivity index is 1.63. The third-order valence-electron chi connectivity index (χ3n) is 4.47. The molecule has 0 aliphatic heterocycles. The molecule has 0 aromatic heterocycles. The molecule has 2 aliphatic rings. The highest BCUT2D eigenvalue weighted by Crippen LogP contribution is 2.29. The van der Waals surface area contributed by atoms with Crippen molar-refractivity contribution in [3.8, 4) is 0 Å². The van der Waals surface area contributed by atoms with Gasteiger partial charge in [0, 0.05) is 12.6 Å². The monoisotopic (exact) mass is 268 g/mol. The molecule has 2 aliphatic carbocycles. The van der Waals surface area contributed by atoms with Crippen molar-refractivity contribution in [1.82, 2.24) is 10.6 Å². The highest BCUT2D eigenvalue weighted by atomic mass is 16.4. The second kappa shape index (κ2) is 6.26. The minimum atomic E-state index is -0.746. The molecule has 4 atom stereocenters. The molecule has 2 saturated carbocycles. The first-order valence-corrected chi connectivity index (χ1v) is 7.31. The summed E-state index contributed by atoms with van der Waals surface area (Å²) in [5, 5.41) is 14.7. The van der Waals surface area contributed by atoms with Crippen LogP contribution in [0.4, 0.5) is 4.79 Å². The molecule has 0 heterocycles. The smallest absolute Gasteiger partial charge is 0.315 e. The molecule has 5 heteroatoms. The summed E-state index contributed by atoms with van der Waals surface area (Å²) in [6.45, 7) is 3.00. The summed E-state index contributed by atoms with van der Waals surface area (Å²) in [7, 11) is 0. The zero-order valence-corrected chi connectivity index (χ0v) is 11.5. The first-order chi connectivity index (χ1) is 9.04. The van der Waals surface area contributed by atoms with Crippen molar-refractivity contribution in [2.45, 2.75) is 51.5 Å². The standard InChI is InChI=1S/C14H24N2O3/c1-9-2-3-10(6-9)8-15-14(19)16-12-5-4-11(7-12)13(17)18/h9-12H,2-8H2,1H3,(H,17,18)(H2,15,16,19). The second-order valence-corrected chi connectivity index (χ2v) is 6.18. The van der Waals surface area contributed by atoms with Crippen LogP contribution in [-0.2, 0) is 4.79 Å². The van der Waals surface area contributed by atoms with E-state index in [1.54, 1.807) is 0 Å². The van der Waals surface area contributed by atoms with Crippen molar-refractivity contribution >= 4 is 12.0 Å². The molecule has 0 aromatic rings. The van der Waals surface area contributed by atoms with Crippen molar-refractivity contribution in [3.63, 3.8) is 0 Å². The van der Waals surface area contributed by atoms with E-state index in [-0.39, 0.29) is 18.0 Å². The van der Waals surface area contributed by atoms with Crippen LogP contribution in [0.3, 0.4) is 0 Å². The molecule has 5 nitrogen and oxygen atoms in total. The summed E-state index contributed by atoms with van der Waals surface area (Å²) in [5.74, 6) is 0.350. The van der Waals surface area contributed by atoms with Crippen LogP contribution in [0.2, 0.25) is 0 Å². The number of carbonyl (C=O) groups is 2. The average Bonchev–Trinajstić information content (AvgIpc) is 2.96. The maximum atomic E-state index is 11.7. The second-order valence-electron chi connectivity index (χ2n) is 6.18. The molecule has 0 radical (unpaired) electrons. The summed E-state index contributed by atoms with van der Waals surface area (Å²) in [5.41, 5.74) is 0. The van der Waals surface area contributed by atoms with E-state index in [1.165, 1.54) is 19.3 Å². The SMILES string of the molecule is CC1CCC(CNC(=O)NC2CCC(C(=O)O)C2)C1. The topological polar surface area (TPSA) is 78.4 Å². The third kappa shape index (κ3) is 4.11. The number of hydrogen-bond acceptors (Lipinski definition) is 2. The fourth-order valence-electron chi connectivity index (χ4n) is 3.32. The molecule has 2 amide bonds. The molecule has 4 unspecified atom stereocenters. The van der Waals surface area contributed by atoms with Crippen LogP contribution in [0.15, 0.2) is 0 Å². The van der Waals surface area contributed by atoms with Gasteiger partial charge in [-0.3, -0.25) is 4.79 Å². The predicted octanol–water partition coefficient (Wildman–Crippen LogP) is 1.98. The third-order valence-corrected chi connectivity index (χ3v) is 4.47. The molecule has 2 rings (SSSR count). The number of nitrogens with one attached hydrogen (secondary N) is 2. The molecular formula is C14H24N2O3. The van der Waals surface area contributed by atoms with Gasteiger partial charge in [-0.15, -0.1) is 0 Å². The fourth-order valence-corrected chi connectivity index (χ4v) is 3.32. The lowest BCUT2D eigenvalue weighted by atomic mass is 10.1. The predicted molar refractivity (Wildman–Crippen MR) is 71.8 cm³/mol. The van der Waals surface area contributed by atoms with Gasteiger partial charge in [0.1, 0.15) is 0 Å². The van der Waals surface area contributed by atoms with Gasteiger partial charge in [0.05, 0.1) is 5.92 Å². The maximum Gasteiger partial charge on any atom is 0.315 e. The lowest BCUT2D eigenvalue weighted by Gasteiger charge is -2.15. The molecule has 0 bridgehead atoms. The van der Waals surface area contributed by atoms with Gasteiger partial charge in [-0.2, -0.15) is 0 Å². The molecular weight excluding hydrogens is 244 g/mol. The molecule has 0 aromatic carbocycles. The highest BCUT2D eigenvalue weighted by Gasteiger charge is 2.30. The first-order valence-electron chi connectivity index (χ1n) is 7.31. The van der Waals surface area contributed by atoms with Crippen molar-refractivity contribution < 1.29 is 14.7 Å². The molecule has 3 N–H and O–H groups in total. The van der Waals surface area contributed by atoms with E-state index >= 15 is 0 Å². The highest BCUT2D eigenvalue weighted by molar-refractivity contribution is 5.75. The van der Waals surface area contributed by atoms with E-state index in [4.69, 9.17) is 5.11 Å².